The number of nitrogens with zero attached hydrogens (tertiary/aromatic N) is 2. The van der Waals surface area contributed by atoms with Gasteiger partial charge in [0, 0.05) is 38.3 Å². The van der Waals surface area contributed by atoms with Crippen LogP contribution in [-0.4, -0.2) is 9.13 Å². The predicted octanol–water partition coefficient (Wildman–Crippen LogP) is 16.3. The number of fused-ring (bicyclic) bond motifs is 13. The van der Waals surface area contributed by atoms with Gasteiger partial charge in [-0.05, 0) is 138 Å². The Kier molecular flexibility index (Phi) is 6.86. The molecule has 0 spiro atoms. The van der Waals surface area contributed by atoms with Crippen molar-refractivity contribution in [2.24, 2.45) is 0 Å². The van der Waals surface area contributed by atoms with Crippen LogP contribution in [0.25, 0.3) is 132 Å². The van der Waals surface area contributed by atoms with Crippen LogP contribution in [0.3, 0.4) is 0 Å². The molecular weight excluding hydrogens is 749 g/mol. The molecule has 0 aliphatic heterocycles. The highest BCUT2D eigenvalue weighted by molar-refractivity contribution is 6.23. The molecule has 62 heavy (non-hydrogen) atoms. The fourth-order valence-corrected chi connectivity index (χ4v) is 10.9. The molecule has 2 heterocycles. The van der Waals surface area contributed by atoms with Gasteiger partial charge in [0.15, 0.2) is 0 Å². The number of benzene rings is 11. The first-order valence-corrected chi connectivity index (χ1v) is 21.5. The van der Waals surface area contributed by atoms with Gasteiger partial charge in [0.05, 0.1) is 22.1 Å². The van der Waals surface area contributed by atoms with Gasteiger partial charge in [-0.1, -0.05) is 152 Å². The standard InChI is InChI=1S/C60H36N2/c1-2-16-44(17-3-1)62-55-29-26-40(34-52(55)51-28-24-38-13-5-7-20-47(38)60(51)62)41-27-30-56-54(35-41)59-46-19-6-4-12-37(46)25-31-57(59)61(56)45-18-10-14-39(33-45)43-32-42-15-11-23-50-48-21-8-9-22-49(48)53(36-43)58(42)50/h1-36H. The molecule has 0 bridgehead atoms. The molecule has 2 heteroatoms. The topological polar surface area (TPSA) is 9.86 Å². The third-order valence-electron chi connectivity index (χ3n) is 13.6. The highest BCUT2D eigenvalue weighted by Crippen LogP contribution is 2.49. The highest BCUT2D eigenvalue weighted by atomic mass is 15.0. The van der Waals surface area contributed by atoms with E-state index in [9.17, 15) is 0 Å². The van der Waals surface area contributed by atoms with E-state index >= 15 is 0 Å². The van der Waals surface area contributed by atoms with E-state index in [1.807, 2.05) is 0 Å². The van der Waals surface area contributed by atoms with Gasteiger partial charge in [-0.3, -0.25) is 0 Å². The van der Waals surface area contributed by atoms with Crippen molar-refractivity contribution in [3.05, 3.63) is 218 Å². The number of para-hydroxylation sites is 1. The number of hydrogen-bond donors (Lipinski definition) is 0. The summed E-state index contributed by atoms with van der Waals surface area (Å²) in [5.74, 6) is 0. The third kappa shape index (κ3) is 4.69. The van der Waals surface area contributed by atoms with Gasteiger partial charge in [-0.2, -0.15) is 0 Å². The van der Waals surface area contributed by atoms with Gasteiger partial charge < -0.3 is 9.13 Å². The molecule has 2 aromatic heterocycles. The fraction of sp³-hybridized carbons (Fsp3) is 0. The van der Waals surface area contributed by atoms with Crippen LogP contribution in [0.4, 0.5) is 0 Å². The van der Waals surface area contributed by atoms with Gasteiger partial charge in [0.2, 0.25) is 0 Å². The summed E-state index contributed by atoms with van der Waals surface area (Å²) in [6.45, 7) is 0. The molecule has 0 atom stereocenters. The summed E-state index contributed by atoms with van der Waals surface area (Å²) in [5, 5.41) is 12.7. The van der Waals surface area contributed by atoms with Crippen LogP contribution in [0.15, 0.2) is 218 Å². The summed E-state index contributed by atoms with van der Waals surface area (Å²) >= 11 is 0. The Morgan fingerprint density at radius 2 is 0.839 bits per heavy atom. The van der Waals surface area contributed by atoms with Crippen molar-refractivity contribution in [2.45, 2.75) is 0 Å². The van der Waals surface area contributed by atoms with E-state index in [-0.39, 0.29) is 0 Å². The number of rotatable bonds is 4. The summed E-state index contributed by atoms with van der Waals surface area (Å²) in [6.07, 6.45) is 0. The predicted molar refractivity (Wildman–Crippen MR) is 263 cm³/mol. The summed E-state index contributed by atoms with van der Waals surface area (Å²) < 4.78 is 4.91. The molecule has 0 saturated carbocycles. The zero-order valence-corrected chi connectivity index (χ0v) is 33.7. The van der Waals surface area contributed by atoms with Crippen LogP contribution in [0, 0.1) is 0 Å². The van der Waals surface area contributed by atoms with E-state index in [1.165, 1.54) is 126 Å². The minimum atomic E-state index is 1.15. The van der Waals surface area contributed by atoms with Crippen LogP contribution in [0.5, 0.6) is 0 Å². The second-order valence-electron chi connectivity index (χ2n) is 16.9. The van der Waals surface area contributed by atoms with Crippen molar-refractivity contribution in [3.8, 4) is 55.9 Å². The first-order valence-electron chi connectivity index (χ1n) is 21.5. The Balaban J connectivity index is 0.970. The quantitative estimate of drug-likeness (QED) is 0.168. The molecule has 13 aromatic rings. The lowest BCUT2D eigenvalue weighted by Crippen LogP contribution is -1.94. The zero-order chi connectivity index (χ0) is 40.5. The molecule has 0 fully saturated rings. The summed E-state index contributed by atoms with van der Waals surface area (Å²) in [6, 6.07) is 81.1. The van der Waals surface area contributed by atoms with Crippen LogP contribution >= 0.6 is 0 Å². The maximum Gasteiger partial charge on any atom is 0.0619 e. The van der Waals surface area contributed by atoms with Crippen molar-refractivity contribution in [1.29, 1.82) is 0 Å². The van der Waals surface area contributed by atoms with Crippen molar-refractivity contribution in [1.82, 2.24) is 9.13 Å². The molecule has 11 aromatic carbocycles. The normalized spacial score (nSPS) is 12.2. The average molecular weight is 785 g/mol. The lowest BCUT2D eigenvalue weighted by Gasteiger charge is -2.12. The monoisotopic (exact) mass is 784 g/mol. The molecule has 0 unspecified atom stereocenters. The molecule has 0 N–H and O–H groups in total. The Hall–Kier alpha value is -8.20. The lowest BCUT2D eigenvalue weighted by molar-refractivity contribution is 1.18. The van der Waals surface area contributed by atoms with E-state index in [1.54, 1.807) is 0 Å². The van der Waals surface area contributed by atoms with Crippen LogP contribution < -0.4 is 0 Å². The molecule has 1 aliphatic carbocycles. The van der Waals surface area contributed by atoms with E-state index < -0.39 is 0 Å². The van der Waals surface area contributed by atoms with E-state index in [0.29, 0.717) is 0 Å². The maximum atomic E-state index is 2.47. The third-order valence-corrected chi connectivity index (χ3v) is 13.6. The fourth-order valence-electron chi connectivity index (χ4n) is 10.9. The minimum absolute atomic E-state index is 1.15. The molecule has 0 radical (unpaired) electrons. The second kappa shape index (κ2) is 12.7. The molecule has 1 aliphatic rings. The Labute approximate surface area is 357 Å². The first kappa shape index (κ1) is 33.6. The smallest absolute Gasteiger partial charge is 0.0619 e. The zero-order valence-electron chi connectivity index (χ0n) is 33.7. The van der Waals surface area contributed by atoms with Gasteiger partial charge >= 0.3 is 0 Å². The maximum absolute atomic E-state index is 2.47. The lowest BCUT2D eigenvalue weighted by atomic mass is 9.96. The van der Waals surface area contributed by atoms with Gasteiger partial charge in [0.25, 0.3) is 0 Å². The van der Waals surface area contributed by atoms with Crippen LogP contribution in [-0.2, 0) is 0 Å². The highest BCUT2D eigenvalue weighted by Gasteiger charge is 2.23. The summed E-state index contributed by atoms with van der Waals surface area (Å²) in [5.41, 5.74) is 17.3. The van der Waals surface area contributed by atoms with Crippen molar-refractivity contribution >= 4 is 75.9 Å². The molecular formula is C60H36N2. The average Bonchev–Trinajstić information content (AvgIpc) is 3.98. The van der Waals surface area contributed by atoms with Crippen LogP contribution in [0.1, 0.15) is 0 Å². The van der Waals surface area contributed by atoms with Crippen molar-refractivity contribution in [3.63, 3.8) is 0 Å². The first-order chi connectivity index (χ1) is 30.7. The molecule has 286 valence electrons. The van der Waals surface area contributed by atoms with E-state index in [2.05, 4.69) is 228 Å². The number of hydrogen-bond acceptors (Lipinski definition) is 0. The number of aromatic nitrogens is 2. The Bertz CT molecular complexity index is 4030. The minimum Gasteiger partial charge on any atom is -0.309 e. The largest absolute Gasteiger partial charge is 0.309 e. The summed E-state index contributed by atoms with van der Waals surface area (Å²) in [7, 11) is 0. The van der Waals surface area contributed by atoms with Gasteiger partial charge in [0.1, 0.15) is 0 Å². The van der Waals surface area contributed by atoms with Crippen molar-refractivity contribution < 1.29 is 0 Å². The molecule has 14 rings (SSSR count). The van der Waals surface area contributed by atoms with E-state index in [4.69, 9.17) is 0 Å². The Morgan fingerprint density at radius 3 is 1.68 bits per heavy atom. The van der Waals surface area contributed by atoms with Gasteiger partial charge in [-0.25, -0.2) is 0 Å². The molecule has 0 saturated heterocycles. The Morgan fingerprint density at radius 1 is 0.242 bits per heavy atom. The van der Waals surface area contributed by atoms with E-state index in [0.717, 1.165) is 5.69 Å². The molecule has 0 amide bonds. The molecule has 2 nitrogen and oxygen atoms in total. The second-order valence-corrected chi connectivity index (χ2v) is 16.9. The van der Waals surface area contributed by atoms with Crippen molar-refractivity contribution in [2.75, 3.05) is 0 Å². The summed E-state index contributed by atoms with van der Waals surface area (Å²) in [4.78, 5) is 0. The van der Waals surface area contributed by atoms with Gasteiger partial charge in [-0.15, -0.1) is 0 Å². The SMILES string of the molecule is c1ccc(-n2c3ccc(-c4ccc5c(c4)c4c6ccccc6ccc4n5-c4cccc(-c5cc6c7c(cccc7c5)-c5ccccc5-6)c4)cc3c3ccc4ccccc4c32)cc1. The van der Waals surface area contributed by atoms with Crippen LogP contribution in [0.2, 0.25) is 0 Å².